The zero-order valence-corrected chi connectivity index (χ0v) is 10.0. The summed E-state index contributed by atoms with van der Waals surface area (Å²) in [6, 6.07) is 8.37. The number of nitrogens with zero attached hydrogens (tertiary/aromatic N) is 2. The molecular weight excluding hydrogens is 196 g/mol. The summed E-state index contributed by atoms with van der Waals surface area (Å²) in [6.45, 7) is 6.53. The van der Waals surface area contributed by atoms with Crippen molar-refractivity contribution in [3.63, 3.8) is 0 Å². The van der Waals surface area contributed by atoms with Gasteiger partial charge in [0, 0.05) is 13.1 Å². The van der Waals surface area contributed by atoms with Crippen molar-refractivity contribution < 1.29 is 0 Å². The minimum atomic E-state index is 0.737. The molecule has 0 aromatic heterocycles. The van der Waals surface area contributed by atoms with Gasteiger partial charge in [0.05, 0.1) is 11.3 Å². The number of nitriles is 1. The number of hydrogen-bond acceptors (Lipinski definition) is 2. The highest BCUT2D eigenvalue weighted by molar-refractivity contribution is 5.60. The monoisotopic (exact) mass is 214 g/mol. The molecule has 0 N–H and O–H groups in total. The highest BCUT2D eigenvalue weighted by Crippen LogP contribution is 2.26. The van der Waals surface area contributed by atoms with Crippen LogP contribution in [0.25, 0.3) is 0 Å². The molecule has 0 amide bonds. The highest BCUT2D eigenvalue weighted by Gasteiger charge is 2.18. The van der Waals surface area contributed by atoms with Crippen LogP contribution >= 0.6 is 0 Å². The molecule has 1 aliphatic rings. The number of anilines is 1. The summed E-state index contributed by atoms with van der Waals surface area (Å²) >= 11 is 0. The van der Waals surface area contributed by atoms with E-state index >= 15 is 0 Å². The Morgan fingerprint density at radius 2 is 2.25 bits per heavy atom. The maximum absolute atomic E-state index is 9.13. The second-order valence-corrected chi connectivity index (χ2v) is 4.83. The van der Waals surface area contributed by atoms with Gasteiger partial charge in [-0.2, -0.15) is 5.26 Å². The second kappa shape index (κ2) is 4.57. The Kier molecular flexibility index (Phi) is 3.14. The van der Waals surface area contributed by atoms with E-state index in [9.17, 15) is 0 Å². The number of rotatable bonds is 1. The number of aryl methyl sites for hydroxylation is 1. The molecule has 1 unspecified atom stereocenters. The molecule has 1 saturated heterocycles. The summed E-state index contributed by atoms with van der Waals surface area (Å²) in [5, 5.41) is 9.13. The first-order valence-electron chi connectivity index (χ1n) is 5.96. The summed E-state index contributed by atoms with van der Waals surface area (Å²) in [5.74, 6) is 0.737. The summed E-state index contributed by atoms with van der Waals surface area (Å²) in [4.78, 5) is 2.36. The Morgan fingerprint density at radius 3 is 2.94 bits per heavy atom. The average molecular weight is 214 g/mol. The van der Waals surface area contributed by atoms with E-state index in [0.29, 0.717) is 0 Å². The van der Waals surface area contributed by atoms with Gasteiger partial charge in [0.25, 0.3) is 0 Å². The summed E-state index contributed by atoms with van der Waals surface area (Å²) in [6.07, 6.45) is 2.55. The van der Waals surface area contributed by atoms with Crippen molar-refractivity contribution in [2.24, 2.45) is 5.92 Å². The Hall–Kier alpha value is -1.49. The molecule has 2 rings (SSSR count). The number of hydrogen-bond donors (Lipinski definition) is 0. The molecule has 0 spiro atoms. The zero-order valence-electron chi connectivity index (χ0n) is 10.0. The van der Waals surface area contributed by atoms with Gasteiger partial charge in [-0.25, -0.2) is 0 Å². The van der Waals surface area contributed by atoms with Crippen molar-refractivity contribution in [1.82, 2.24) is 0 Å². The van der Waals surface area contributed by atoms with E-state index in [4.69, 9.17) is 5.26 Å². The first-order chi connectivity index (χ1) is 7.70. The molecule has 0 saturated carbocycles. The maximum Gasteiger partial charge on any atom is 0.101 e. The van der Waals surface area contributed by atoms with Gasteiger partial charge in [0.15, 0.2) is 0 Å². The van der Waals surface area contributed by atoms with Crippen LogP contribution in [-0.4, -0.2) is 13.1 Å². The molecule has 0 radical (unpaired) electrons. The normalized spacial score (nSPS) is 20.6. The average Bonchev–Trinajstić information content (AvgIpc) is 2.29. The molecule has 1 fully saturated rings. The van der Waals surface area contributed by atoms with Crippen LogP contribution in [0.2, 0.25) is 0 Å². The van der Waals surface area contributed by atoms with E-state index in [0.717, 1.165) is 30.3 Å². The first-order valence-corrected chi connectivity index (χ1v) is 5.96. The van der Waals surface area contributed by atoms with E-state index in [1.807, 2.05) is 12.1 Å². The van der Waals surface area contributed by atoms with Gasteiger partial charge in [0.1, 0.15) is 6.07 Å². The van der Waals surface area contributed by atoms with Gasteiger partial charge < -0.3 is 4.90 Å². The molecule has 1 atom stereocenters. The smallest absolute Gasteiger partial charge is 0.101 e. The standard InChI is InChI=1S/C14H18N2/c1-11-5-6-13(9-15)14(8-11)16-7-3-4-12(2)10-16/h5-6,8,12H,3-4,7,10H2,1-2H3. The second-order valence-electron chi connectivity index (χ2n) is 4.83. The lowest BCUT2D eigenvalue weighted by Gasteiger charge is -2.33. The molecule has 2 heteroatoms. The lowest BCUT2D eigenvalue weighted by atomic mass is 9.98. The zero-order chi connectivity index (χ0) is 11.5. The molecule has 0 bridgehead atoms. The molecule has 84 valence electrons. The van der Waals surface area contributed by atoms with Crippen molar-refractivity contribution in [2.45, 2.75) is 26.7 Å². The van der Waals surface area contributed by atoms with Crippen LogP contribution < -0.4 is 4.90 Å². The van der Waals surface area contributed by atoms with Crippen LogP contribution in [0.5, 0.6) is 0 Å². The first kappa shape index (κ1) is 11.0. The molecule has 1 heterocycles. The minimum Gasteiger partial charge on any atom is -0.370 e. The summed E-state index contributed by atoms with van der Waals surface area (Å²) < 4.78 is 0. The molecule has 1 aliphatic heterocycles. The van der Waals surface area contributed by atoms with Crippen LogP contribution in [0, 0.1) is 24.2 Å². The molecule has 16 heavy (non-hydrogen) atoms. The predicted octanol–water partition coefficient (Wildman–Crippen LogP) is 3.10. The van der Waals surface area contributed by atoms with E-state index in [1.54, 1.807) is 0 Å². The largest absolute Gasteiger partial charge is 0.370 e. The third kappa shape index (κ3) is 2.19. The van der Waals surface area contributed by atoms with E-state index in [-0.39, 0.29) is 0 Å². The Morgan fingerprint density at radius 1 is 1.44 bits per heavy atom. The number of benzene rings is 1. The van der Waals surface area contributed by atoms with Gasteiger partial charge in [-0.15, -0.1) is 0 Å². The Bertz CT molecular complexity index is 417. The Balaban J connectivity index is 2.31. The van der Waals surface area contributed by atoms with Gasteiger partial charge >= 0.3 is 0 Å². The van der Waals surface area contributed by atoms with Crippen LogP contribution in [0.1, 0.15) is 30.9 Å². The van der Waals surface area contributed by atoms with Gasteiger partial charge in [-0.05, 0) is 43.4 Å². The van der Waals surface area contributed by atoms with E-state index in [2.05, 4.69) is 30.9 Å². The van der Waals surface area contributed by atoms with Crippen LogP contribution in [0.4, 0.5) is 5.69 Å². The van der Waals surface area contributed by atoms with Gasteiger partial charge in [-0.3, -0.25) is 0 Å². The summed E-state index contributed by atoms with van der Waals surface area (Å²) in [7, 11) is 0. The minimum absolute atomic E-state index is 0.737. The fourth-order valence-corrected chi connectivity index (χ4v) is 2.41. The van der Waals surface area contributed by atoms with Crippen molar-refractivity contribution in [3.05, 3.63) is 29.3 Å². The van der Waals surface area contributed by atoms with E-state index in [1.165, 1.54) is 18.4 Å². The van der Waals surface area contributed by atoms with Crippen LogP contribution in [0.3, 0.4) is 0 Å². The van der Waals surface area contributed by atoms with Crippen molar-refractivity contribution >= 4 is 5.69 Å². The highest BCUT2D eigenvalue weighted by atomic mass is 15.1. The third-order valence-corrected chi connectivity index (χ3v) is 3.27. The SMILES string of the molecule is Cc1ccc(C#N)c(N2CCCC(C)C2)c1. The lowest BCUT2D eigenvalue weighted by Crippen LogP contribution is -2.34. The molecule has 0 aliphatic carbocycles. The van der Waals surface area contributed by atoms with Crippen molar-refractivity contribution in [2.75, 3.05) is 18.0 Å². The van der Waals surface area contributed by atoms with E-state index < -0.39 is 0 Å². The maximum atomic E-state index is 9.13. The van der Waals surface area contributed by atoms with Gasteiger partial charge in [-0.1, -0.05) is 13.0 Å². The molecular formula is C14H18N2. The Labute approximate surface area is 97.5 Å². The fraction of sp³-hybridized carbons (Fsp3) is 0.500. The van der Waals surface area contributed by atoms with Crippen LogP contribution in [0.15, 0.2) is 18.2 Å². The quantitative estimate of drug-likeness (QED) is 0.718. The number of piperidine rings is 1. The summed E-state index contributed by atoms with van der Waals surface area (Å²) in [5.41, 5.74) is 3.15. The predicted molar refractivity (Wildman–Crippen MR) is 66.5 cm³/mol. The fourth-order valence-electron chi connectivity index (χ4n) is 2.41. The lowest BCUT2D eigenvalue weighted by molar-refractivity contribution is 0.446. The molecule has 2 nitrogen and oxygen atoms in total. The van der Waals surface area contributed by atoms with Crippen molar-refractivity contribution in [3.8, 4) is 6.07 Å². The van der Waals surface area contributed by atoms with Gasteiger partial charge in [0.2, 0.25) is 0 Å². The molecule has 1 aromatic carbocycles. The molecule has 1 aromatic rings. The third-order valence-electron chi connectivity index (χ3n) is 3.27. The van der Waals surface area contributed by atoms with Crippen molar-refractivity contribution in [1.29, 1.82) is 5.26 Å². The topological polar surface area (TPSA) is 27.0 Å². The van der Waals surface area contributed by atoms with Crippen LogP contribution in [-0.2, 0) is 0 Å².